The van der Waals surface area contributed by atoms with Gasteiger partial charge in [-0.1, -0.05) is 13.8 Å². The van der Waals surface area contributed by atoms with E-state index in [2.05, 4.69) is 19.2 Å². The monoisotopic (exact) mass is 221 g/mol. The number of hydrogen-bond donors (Lipinski definition) is 2. The third-order valence-corrected chi connectivity index (χ3v) is 2.84. The minimum Gasteiger partial charge on any atom is -0.508 e. The summed E-state index contributed by atoms with van der Waals surface area (Å²) >= 11 is 0. The van der Waals surface area contributed by atoms with Crippen LogP contribution in [0.15, 0.2) is 18.2 Å². The molecule has 0 bridgehead atoms. The molecule has 1 aromatic rings. The summed E-state index contributed by atoms with van der Waals surface area (Å²) in [6.45, 7) is 6.01. The molecule has 1 atom stereocenters. The number of nitrogens with one attached hydrogen (secondary N) is 1. The number of phenols is 1. The summed E-state index contributed by atoms with van der Waals surface area (Å²) in [5.41, 5.74) is 1.11. The van der Waals surface area contributed by atoms with Crippen molar-refractivity contribution in [2.45, 2.75) is 26.3 Å². The molecular formula is C13H19NO2. The van der Waals surface area contributed by atoms with Crippen molar-refractivity contribution in [2.24, 2.45) is 5.92 Å². The van der Waals surface area contributed by atoms with Crippen LogP contribution in [0.4, 0.5) is 0 Å². The lowest BCUT2D eigenvalue weighted by Gasteiger charge is -2.26. The van der Waals surface area contributed by atoms with Gasteiger partial charge in [0.1, 0.15) is 11.5 Å². The summed E-state index contributed by atoms with van der Waals surface area (Å²) < 4.78 is 5.67. The van der Waals surface area contributed by atoms with Crippen LogP contribution in [0.5, 0.6) is 11.5 Å². The van der Waals surface area contributed by atoms with Gasteiger partial charge in [-0.3, -0.25) is 0 Å². The number of benzene rings is 1. The summed E-state index contributed by atoms with van der Waals surface area (Å²) in [5, 5.41) is 12.8. The summed E-state index contributed by atoms with van der Waals surface area (Å²) in [6, 6.07) is 5.82. The van der Waals surface area contributed by atoms with Crippen LogP contribution < -0.4 is 10.1 Å². The summed E-state index contributed by atoms with van der Waals surface area (Å²) in [7, 11) is 0. The van der Waals surface area contributed by atoms with Gasteiger partial charge in [0.05, 0.1) is 6.61 Å². The fraction of sp³-hybridized carbons (Fsp3) is 0.538. The maximum atomic E-state index is 9.42. The molecule has 1 aliphatic rings. The van der Waals surface area contributed by atoms with Crippen molar-refractivity contribution in [1.82, 2.24) is 5.32 Å². The highest BCUT2D eigenvalue weighted by atomic mass is 16.5. The second-order valence-corrected chi connectivity index (χ2v) is 4.74. The molecule has 16 heavy (non-hydrogen) atoms. The molecule has 0 spiro atoms. The highest BCUT2D eigenvalue weighted by Gasteiger charge is 2.20. The van der Waals surface area contributed by atoms with E-state index < -0.39 is 0 Å². The van der Waals surface area contributed by atoms with E-state index in [-0.39, 0.29) is 0 Å². The fourth-order valence-corrected chi connectivity index (χ4v) is 1.98. The van der Waals surface area contributed by atoms with E-state index in [1.54, 1.807) is 12.1 Å². The van der Waals surface area contributed by atoms with Crippen molar-refractivity contribution in [3.63, 3.8) is 0 Å². The Labute approximate surface area is 96.4 Å². The molecule has 0 aliphatic carbocycles. The van der Waals surface area contributed by atoms with Crippen LogP contribution in [0.25, 0.3) is 0 Å². The van der Waals surface area contributed by atoms with Gasteiger partial charge in [-0.2, -0.15) is 0 Å². The fourth-order valence-electron chi connectivity index (χ4n) is 1.98. The van der Waals surface area contributed by atoms with Gasteiger partial charge in [0, 0.05) is 18.5 Å². The van der Waals surface area contributed by atoms with Crippen molar-refractivity contribution in [3.05, 3.63) is 23.8 Å². The van der Waals surface area contributed by atoms with E-state index in [0.29, 0.717) is 17.7 Å². The van der Waals surface area contributed by atoms with E-state index >= 15 is 0 Å². The van der Waals surface area contributed by atoms with E-state index in [1.807, 2.05) is 6.07 Å². The van der Waals surface area contributed by atoms with Gasteiger partial charge in [-0.15, -0.1) is 0 Å². The summed E-state index contributed by atoms with van der Waals surface area (Å²) in [5.74, 6) is 1.73. The van der Waals surface area contributed by atoms with Crippen LogP contribution in [-0.4, -0.2) is 24.3 Å². The van der Waals surface area contributed by atoms with Crippen LogP contribution in [0.1, 0.15) is 19.4 Å². The first-order valence-corrected chi connectivity index (χ1v) is 5.83. The molecule has 0 radical (unpaired) electrons. The van der Waals surface area contributed by atoms with Crippen molar-refractivity contribution in [1.29, 1.82) is 0 Å². The topological polar surface area (TPSA) is 41.5 Å². The summed E-state index contributed by atoms with van der Waals surface area (Å²) in [4.78, 5) is 0. The Morgan fingerprint density at radius 2 is 2.31 bits per heavy atom. The standard InChI is InChI=1S/C13H19NO2/c1-9(2)14-7-10-5-11-6-12(15)3-4-13(11)16-8-10/h3-4,6,9-10,14-15H,5,7-8H2,1-2H3. The molecule has 0 amide bonds. The number of phenolic OH excluding ortho intramolecular Hbond substituents is 1. The zero-order chi connectivity index (χ0) is 11.5. The number of rotatable bonds is 3. The molecular weight excluding hydrogens is 202 g/mol. The first-order chi connectivity index (χ1) is 7.65. The Morgan fingerprint density at radius 3 is 3.06 bits per heavy atom. The Bertz CT molecular complexity index is 363. The summed E-state index contributed by atoms with van der Waals surface area (Å²) in [6.07, 6.45) is 0.976. The molecule has 3 nitrogen and oxygen atoms in total. The van der Waals surface area contributed by atoms with Crippen LogP contribution in [0.3, 0.4) is 0 Å². The molecule has 2 rings (SSSR count). The lowest BCUT2D eigenvalue weighted by atomic mass is 9.96. The second kappa shape index (κ2) is 4.74. The molecule has 0 aromatic heterocycles. The van der Waals surface area contributed by atoms with E-state index in [1.165, 1.54) is 0 Å². The molecule has 1 unspecified atom stereocenters. The maximum Gasteiger partial charge on any atom is 0.122 e. The normalized spacial score (nSPS) is 19.3. The smallest absolute Gasteiger partial charge is 0.122 e. The molecule has 1 aromatic carbocycles. The molecule has 88 valence electrons. The molecule has 0 saturated heterocycles. The second-order valence-electron chi connectivity index (χ2n) is 4.74. The zero-order valence-electron chi connectivity index (χ0n) is 9.86. The average Bonchev–Trinajstić information content (AvgIpc) is 2.25. The first kappa shape index (κ1) is 11.3. The lowest BCUT2D eigenvalue weighted by Crippen LogP contribution is -2.34. The number of ether oxygens (including phenoxy) is 1. The van der Waals surface area contributed by atoms with Crippen LogP contribution in [0.2, 0.25) is 0 Å². The van der Waals surface area contributed by atoms with Crippen LogP contribution in [-0.2, 0) is 6.42 Å². The Balaban J connectivity index is 1.99. The van der Waals surface area contributed by atoms with Crippen molar-refractivity contribution < 1.29 is 9.84 Å². The average molecular weight is 221 g/mol. The number of fused-ring (bicyclic) bond motifs is 1. The zero-order valence-corrected chi connectivity index (χ0v) is 9.86. The van der Waals surface area contributed by atoms with Crippen LogP contribution >= 0.6 is 0 Å². The molecule has 1 aliphatic heterocycles. The van der Waals surface area contributed by atoms with E-state index in [0.717, 1.165) is 30.9 Å². The van der Waals surface area contributed by atoms with Gasteiger partial charge in [0.15, 0.2) is 0 Å². The molecule has 0 saturated carbocycles. The van der Waals surface area contributed by atoms with Crippen LogP contribution in [0, 0.1) is 5.92 Å². The Kier molecular flexibility index (Phi) is 3.34. The van der Waals surface area contributed by atoms with Gasteiger partial charge >= 0.3 is 0 Å². The largest absolute Gasteiger partial charge is 0.508 e. The third-order valence-electron chi connectivity index (χ3n) is 2.84. The molecule has 3 heteroatoms. The van der Waals surface area contributed by atoms with Crippen molar-refractivity contribution >= 4 is 0 Å². The minimum absolute atomic E-state index is 0.319. The lowest BCUT2D eigenvalue weighted by molar-refractivity contribution is 0.215. The maximum absolute atomic E-state index is 9.42. The Hall–Kier alpha value is -1.22. The number of aromatic hydroxyl groups is 1. The minimum atomic E-state index is 0.319. The van der Waals surface area contributed by atoms with Crippen molar-refractivity contribution in [2.75, 3.05) is 13.2 Å². The third kappa shape index (κ3) is 2.67. The highest BCUT2D eigenvalue weighted by Crippen LogP contribution is 2.29. The van der Waals surface area contributed by atoms with Gasteiger partial charge in [-0.25, -0.2) is 0 Å². The molecule has 1 heterocycles. The Morgan fingerprint density at radius 1 is 1.50 bits per heavy atom. The van der Waals surface area contributed by atoms with E-state index in [9.17, 15) is 5.11 Å². The quantitative estimate of drug-likeness (QED) is 0.819. The van der Waals surface area contributed by atoms with Gasteiger partial charge < -0.3 is 15.2 Å². The number of hydrogen-bond acceptors (Lipinski definition) is 3. The SMILES string of the molecule is CC(C)NCC1COc2ccc(O)cc2C1. The predicted octanol–water partition coefficient (Wildman–Crippen LogP) is 1.94. The molecule has 2 N–H and O–H groups in total. The molecule has 0 fully saturated rings. The van der Waals surface area contributed by atoms with Gasteiger partial charge in [0.2, 0.25) is 0 Å². The highest BCUT2D eigenvalue weighted by molar-refractivity contribution is 5.41. The van der Waals surface area contributed by atoms with E-state index in [4.69, 9.17) is 4.74 Å². The van der Waals surface area contributed by atoms with Gasteiger partial charge in [-0.05, 0) is 30.2 Å². The first-order valence-electron chi connectivity index (χ1n) is 5.83. The predicted molar refractivity (Wildman–Crippen MR) is 63.9 cm³/mol. The van der Waals surface area contributed by atoms with Crippen molar-refractivity contribution in [3.8, 4) is 11.5 Å². The van der Waals surface area contributed by atoms with Gasteiger partial charge in [0.25, 0.3) is 0 Å².